The molecule has 2 aromatic rings. The number of thiazole rings is 1. The Labute approximate surface area is 191 Å². The van der Waals surface area contributed by atoms with Crippen LogP contribution < -0.4 is 0 Å². The lowest BCUT2D eigenvalue weighted by atomic mass is 9.45. The molecule has 1 N–H and O–H groups in total. The molecule has 0 spiro atoms. The van der Waals surface area contributed by atoms with Crippen molar-refractivity contribution in [1.29, 1.82) is 0 Å². The second kappa shape index (κ2) is 7.15. The van der Waals surface area contributed by atoms with E-state index in [-0.39, 0.29) is 11.5 Å². The molecule has 4 aliphatic carbocycles. The van der Waals surface area contributed by atoms with Crippen LogP contribution in [0.4, 0.5) is 0 Å². The number of aliphatic hydroxyl groups excluding tert-OH is 1. The lowest BCUT2D eigenvalue weighted by Crippen LogP contribution is -2.52. The summed E-state index contributed by atoms with van der Waals surface area (Å²) in [6.07, 6.45) is 10.9. The molecule has 0 saturated heterocycles. The highest BCUT2D eigenvalue weighted by atomic mass is 32.1. The van der Waals surface area contributed by atoms with Crippen molar-refractivity contribution in [3.63, 3.8) is 0 Å². The number of nitrogens with zero attached hydrogens (tertiary/aromatic N) is 1. The van der Waals surface area contributed by atoms with Gasteiger partial charge in [-0.3, -0.25) is 0 Å². The third kappa shape index (κ3) is 2.95. The van der Waals surface area contributed by atoms with Crippen molar-refractivity contribution >= 4 is 11.3 Å². The largest absolute Gasteiger partial charge is 0.393 e. The lowest BCUT2D eigenvalue weighted by molar-refractivity contribution is -0.0985. The minimum atomic E-state index is -0.0626. The number of aryl methyl sites for hydroxylation is 2. The van der Waals surface area contributed by atoms with Crippen LogP contribution in [0.5, 0.6) is 0 Å². The van der Waals surface area contributed by atoms with Gasteiger partial charge in [0.15, 0.2) is 0 Å². The van der Waals surface area contributed by atoms with Gasteiger partial charge in [0.05, 0.1) is 16.8 Å². The molecule has 7 atom stereocenters. The van der Waals surface area contributed by atoms with Crippen molar-refractivity contribution in [3.05, 3.63) is 51.0 Å². The normalized spacial score (nSPS) is 41.2. The van der Waals surface area contributed by atoms with Gasteiger partial charge >= 0.3 is 0 Å². The molecule has 0 unspecified atom stereocenters. The second-order valence-corrected chi connectivity index (χ2v) is 12.8. The molecule has 6 rings (SSSR count). The van der Waals surface area contributed by atoms with Crippen LogP contribution in [-0.4, -0.2) is 16.2 Å². The van der Waals surface area contributed by atoms with Crippen LogP contribution in [0, 0.1) is 35.5 Å². The molecule has 31 heavy (non-hydrogen) atoms. The highest BCUT2D eigenvalue weighted by Crippen LogP contribution is 2.67. The van der Waals surface area contributed by atoms with Crippen LogP contribution >= 0.6 is 11.3 Å². The van der Waals surface area contributed by atoms with E-state index < -0.39 is 0 Å². The Bertz CT molecular complexity index is 997. The average Bonchev–Trinajstić information content (AvgIpc) is 3.29. The van der Waals surface area contributed by atoms with Crippen molar-refractivity contribution < 1.29 is 5.11 Å². The molecule has 2 nitrogen and oxygen atoms in total. The third-order valence-electron chi connectivity index (χ3n) is 10.4. The molecule has 3 heteroatoms. The molecular formula is C28H37NOS. The van der Waals surface area contributed by atoms with Crippen LogP contribution in [0.1, 0.15) is 91.4 Å². The smallest absolute Gasteiger partial charge is 0.0975 e. The molecule has 3 saturated carbocycles. The molecule has 4 aliphatic rings. The number of benzene rings is 1. The monoisotopic (exact) mass is 435 g/mol. The summed E-state index contributed by atoms with van der Waals surface area (Å²) in [7, 11) is 0. The summed E-state index contributed by atoms with van der Waals surface area (Å²) in [6, 6.07) is 8.77. The Morgan fingerprint density at radius 1 is 1.00 bits per heavy atom. The SMILES string of the molecule is Cc1ccccc1Cc1nc2c(s1)[C@@H]1CC[C@@H]3[C@H](CC[C@]4(C)[C@@H](O)CC[C@@H]34)[C@@]1(C)CC2. The molecule has 3 fully saturated rings. The Morgan fingerprint density at radius 3 is 2.65 bits per heavy atom. The fourth-order valence-electron chi connectivity index (χ4n) is 8.52. The van der Waals surface area contributed by atoms with E-state index in [1.54, 1.807) is 4.88 Å². The zero-order valence-electron chi connectivity index (χ0n) is 19.4. The Balaban J connectivity index is 1.29. The predicted octanol–water partition coefficient (Wildman–Crippen LogP) is 6.68. The first-order chi connectivity index (χ1) is 14.9. The van der Waals surface area contributed by atoms with Gasteiger partial charge in [0.25, 0.3) is 0 Å². The highest BCUT2D eigenvalue weighted by Gasteiger charge is 2.60. The average molecular weight is 436 g/mol. The van der Waals surface area contributed by atoms with E-state index in [1.807, 2.05) is 11.3 Å². The molecule has 1 aromatic carbocycles. The number of hydrogen-bond donors (Lipinski definition) is 1. The zero-order valence-corrected chi connectivity index (χ0v) is 20.2. The van der Waals surface area contributed by atoms with Gasteiger partial charge in [-0.05, 0) is 98.0 Å². The number of aliphatic hydroxyl groups is 1. The van der Waals surface area contributed by atoms with Crippen molar-refractivity contribution in [2.24, 2.45) is 28.6 Å². The summed E-state index contributed by atoms with van der Waals surface area (Å²) in [5.74, 6) is 3.12. The summed E-state index contributed by atoms with van der Waals surface area (Å²) in [6.45, 7) is 7.25. The standard InChI is InChI=1S/C28H37NOS/c1-17-6-4-5-7-18(17)16-25-29-23-13-15-27(2)21-12-14-28(3)20(10-11-24(28)30)19(21)8-9-22(27)26(23)31-25/h4-7,19-22,24,30H,8-16H2,1-3H3/t19-,20-,21-,22-,24-,27+,28-/m0/s1. The van der Waals surface area contributed by atoms with Crippen LogP contribution in [-0.2, 0) is 12.8 Å². The van der Waals surface area contributed by atoms with Crippen LogP contribution in [0.2, 0.25) is 0 Å². The minimum Gasteiger partial charge on any atom is -0.393 e. The zero-order chi connectivity index (χ0) is 21.4. The number of fused-ring (bicyclic) bond motifs is 7. The Hall–Kier alpha value is -1.19. The van der Waals surface area contributed by atoms with Crippen molar-refractivity contribution in [3.8, 4) is 0 Å². The van der Waals surface area contributed by atoms with Crippen LogP contribution in [0.3, 0.4) is 0 Å². The number of hydrogen-bond acceptors (Lipinski definition) is 3. The first-order valence-corrected chi connectivity index (χ1v) is 13.4. The summed E-state index contributed by atoms with van der Waals surface area (Å²) in [5, 5.41) is 12.1. The van der Waals surface area contributed by atoms with E-state index in [9.17, 15) is 5.11 Å². The third-order valence-corrected chi connectivity index (χ3v) is 11.6. The van der Waals surface area contributed by atoms with E-state index in [0.29, 0.717) is 11.3 Å². The van der Waals surface area contributed by atoms with Crippen LogP contribution in [0.15, 0.2) is 24.3 Å². The summed E-state index contributed by atoms with van der Waals surface area (Å²) in [5.41, 5.74) is 4.84. The summed E-state index contributed by atoms with van der Waals surface area (Å²) >= 11 is 2.03. The van der Waals surface area contributed by atoms with E-state index >= 15 is 0 Å². The fraction of sp³-hybridized carbons (Fsp3) is 0.679. The summed E-state index contributed by atoms with van der Waals surface area (Å²) < 4.78 is 0. The molecule has 0 amide bonds. The van der Waals surface area contributed by atoms with Crippen LogP contribution in [0.25, 0.3) is 0 Å². The van der Waals surface area contributed by atoms with E-state index in [1.165, 1.54) is 66.8 Å². The maximum absolute atomic E-state index is 10.7. The highest BCUT2D eigenvalue weighted by molar-refractivity contribution is 7.11. The van der Waals surface area contributed by atoms with Gasteiger partial charge in [-0.15, -0.1) is 11.3 Å². The summed E-state index contributed by atoms with van der Waals surface area (Å²) in [4.78, 5) is 6.81. The molecule has 166 valence electrons. The van der Waals surface area contributed by atoms with Gasteiger partial charge in [-0.25, -0.2) is 4.98 Å². The maximum atomic E-state index is 10.7. The molecule has 0 aliphatic heterocycles. The van der Waals surface area contributed by atoms with Gasteiger partial charge in [0, 0.05) is 17.2 Å². The lowest BCUT2D eigenvalue weighted by Gasteiger charge is -2.59. The van der Waals surface area contributed by atoms with Crippen molar-refractivity contribution in [2.75, 3.05) is 0 Å². The Kier molecular flexibility index (Phi) is 4.71. The van der Waals surface area contributed by atoms with Crippen molar-refractivity contribution in [1.82, 2.24) is 4.98 Å². The molecule has 0 bridgehead atoms. The van der Waals surface area contributed by atoms with Gasteiger partial charge in [0.2, 0.25) is 0 Å². The number of rotatable bonds is 2. The molecular weight excluding hydrogens is 398 g/mol. The van der Waals surface area contributed by atoms with E-state index in [0.717, 1.165) is 30.6 Å². The molecule has 1 heterocycles. The maximum Gasteiger partial charge on any atom is 0.0975 e. The quantitative estimate of drug-likeness (QED) is 0.571. The molecule has 0 radical (unpaired) electrons. The first-order valence-electron chi connectivity index (χ1n) is 12.6. The van der Waals surface area contributed by atoms with E-state index in [4.69, 9.17) is 4.98 Å². The number of aromatic nitrogens is 1. The minimum absolute atomic E-state index is 0.0626. The topological polar surface area (TPSA) is 33.1 Å². The van der Waals surface area contributed by atoms with Gasteiger partial charge in [-0.1, -0.05) is 38.1 Å². The molecule has 1 aromatic heterocycles. The van der Waals surface area contributed by atoms with Gasteiger partial charge in [0.1, 0.15) is 0 Å². The Morgan fingerprint density at radius 2 is 1.81 bits per heavy atom. The first kappa shape index (κ1) is 20.4. The van der Waals surface area contributed by atoms with Crippen molar-refractivity contribution in [2.45, 2.75) is 90.6 Å². The predicted molar refractivity (Wildman–Crippen MR) is 128 cm³/mol. The van der Waals surface area contributed by atoms with Gasteiger partial charge < -0.3 is 5.11 Å². The fourth-order valence-corrected chi connectivity index (χ4v) is 9.95. The second-order valence-electron chi connectivity index (χ2n) is 11.7. The van der Waals surface area contributed by atoms with E-state index in [2.05, 4.69) is 45.0 Å². The van der Waals surface area contributed by atoms with Gasteiger partial charge in [-0.2, -0.15) is 0 Å².